The number of halogens is 2. The molecule has 0 aliphatic rings. The van der Waals surface area contributed by atoms with E-state index in [2.05, 4.69) is 0 Å². The molecule has 2 rings (SSSR count). The molecule has 0 amide bonds. The topological polar surface area (TPSA) is 29.5 Å². The Bertz CT molecular complexity index is 587. The second-order valence-electron chi connectivity index (χ2n) is 5.99. The summed E-state index contributed by atoms with van der Waals surface area (Å²) < 4.78 is 33.2. The van der Waals surface area contributed by atoms with Crippen molar-refractivity contribution in [3.63, 3.8) is 0 Å². The molecule has 0 atom stereocenters. The van der Waals surface area contributed by atoms with Gasteiger partial charge in [-0.3, -0.25) is 0 Å². The number of hydrogen-bond donors (Lipinski definition) is 1. The van der Waals surface area contributed by atoms with Gasteiger partial charge < -0.3 is 9.84 Å². The van der Waals surface area contributed by atoms with Crippen molar-refractivity contribution in [2.75, 3.05) is 6.61 Å². The summed E-state index contributed by atoms with van der Waals surface area (Å²) >= 11 is 0. The summed E-state index contributed by atoms with van der Waals surface area (Å²) in [4.78, 5) is 0. The predicted molar refractivity (Wildman–Crippen MR) is 82.3 cm³/mol. The lowest BCUT2D eigenvalue weighted by molar-refractivity contribution is -0.0467. The number of ether oxygens (including phenoxy) is 1. The molecule has 0 heterocycles. The Morgan fingerprint density at radius 2 is 1.55 bits per heavy atom. The molecule has 118 valence electrons. The van der Waals surface area contributed by atoms with Gasteiger partial charge in [0.1, 0.15) is 5.75 Å². The summed E-state index contributed by atoms with van der Waals surface area (Å²) in [7, 11) is 0. The van der Waals surface area contributed by atoms with Crippen LogP contribution in [0, 0.1) is 0 Å². The molecule has 0 aromatic heterocycles. The Balaban J connectivity index is 1.97. The lowest BCUT2D eigenvalue weighted by atomic mass is 9.99. The average molecular weight is 306 g/mol. The zero-order valence-electron chi connectivity index (χ0n) is 12.7. The predicted octanol–water partition coefficient (Wildman–Crippen LogP) is 4.17. The highest BCUT2D eigenvalue weighted by Crippen LogP contribution is 2.28. The average Bonchev–Trinajstić information content (AvgIpc) is 2.46. The van der Waals surface area contributed by atoms with Gasteiger partial charge in [-0.1, -0.05) is 42.5 Å². The summed E-state index contributed by atoms with van der Waals surface area (Å²) in [5.41, 5.74) is 0.0613. The van der Waals surface area contributed by atoms with Crippen molar-refractivity contribution in [1.82, 2.24) is 0 Å². The summed E-state index contributed by atoms with van der Waals surface area (Å²) in [5, 5.41) is 9.75. The van der Waals surface area contributed by atoms with Crippen LogP contribution < -0.4 is 4.74 Å². The van der Waals surface area contributed by atoms with E-state index in [-0.39, 0.29) is 5.56 Å². The van der Waals surface area contributed by atoms with Crippen LogP contribution in [0.15, 0.2) is 54.6 Å². The van der Waals surface area contributed by atoms with E-state index >= 15 is 0 Å². The molecule has 0 fully saturated rings. The van der Waals surface area contributed by atoms with E-state index in [0.717, 1.165) is 5.56 Å². The molecule has 0 aliphatic heterocycles. The zero-order chi connectivity index (χ0) is 16.2. The molecule has 0 aliphatic carbocycles. The summed E-state index contributed by atoms with van der Waals surface area (Å²) in [6.45, 7) is 2.73. The first kappa shape index (κ1) is 16.4. The smallest absolute Gasteiger partial charge is 0.306 e. The van der Waals surface area contributed by atoms with Crippen molar-refractivity contribution in [2.24, 2.45) is 0 Å². The van der Waals surface area contributed by atoms with Gasteiger partial charge in [0.15, 0.2) is 6.61 Å². The van der Waals surface area contributed by atoms with Gasteiger partial charge in [0.25, 0.3) is 0 Å². The summed E-state index contributed by atoms with van der Waals surface area (Å²) in [6, 6.07) is 14.4. The van der Waals surface area contributed by atoms with Crippen LogP contribution in [-0.2, 0) is 12.3 Å². The van der Waals surface area contributed by atoms with Crippen LogP contribution in [0.25, 0.3) is 0 Å². The zero-order valence-corrected chi connectivity index (χ0v) is 12.7. The second-order valence-corrected chi connectivity index (χ2v) is 5.99. The highest BCUT2D eigenvalue weighted by molar-refractivity contribution is 5.28. The van der Waals surface area contributed by atoms with Crippen molar-refractivity contribution in [2.45, 2.75) is 31.8 Å². The Labute approximate surface area is 129 Å². The van der Waals surface area contributed by atoms with Crippen LogP contribution in [0.1, 0.15) is 25.0 Å². The third kappa shape index (κ3) is 4.81. The highest BCUT2D eigenvalue weighted by atomic mass is 19.3. The Kier molecular flexibility index (Phi) is 4.81. The molecule has 2 aromatic rings. The Morgan fingerprint density at radius 3 is 2.09 bits per heavy atom. The molecule has 22 heavy (non-hydrogen) atoms. The number of benzene rings is 2. The number of hydrogen-bond acceptors (Lipinski definition) is 2. The van der Waals surface area contributed by atoms with Crippen molar-refractivity contribution < 1.29 is 18.6 Å². The molecule has 0 bridgehead atoms. The van der Waals surface area contributed by atoms with Gasteiger partial charge in [-0.2, -0.15) is 8.78 Å². The first-order valence-electron chi connectivity index (χ1n) is 7.14. The van der Waals surface area contributed by atoms with Crippen LogP contribution in [-0.4, -0.2) is 17.3 Å². The van der Waals surface area contributed by atoms with Gasteiger partial charge in [-0.15, -0.1) is 0 Å². The van der Waals surface area contributed by atoms with E-state index < -0.39 is 18.1 Å². The highest BCUT2D eigenvalue weighted by Gasteiger charge is 2.32. The van der Waals surface area contributed by atoms with Crippen LogP contribution in [0.3, 0.4) is 0 Å². The van der Waals surface area contributed by atoms with Crippen LogP contribution >= 0.6 is 0 Å². The lowest BCUT2D eigenvalue weighted by Crippen LogP contribution is -2.23. The van der Waals surface area contributed by atoms with Crippen molar-refractivity contribution in [3.8, 4) is 5.75 Å². The first-order valence-corrected chi connectivity index (χ1v) is 7.14. The maximum absolute atomic E-state index is 14.0. The quantitative estimate of drug-likeness (QED) is 0.868. The van der Waals surface area contributed by atoms with Crippen LogP contribution in [0.2, 0.25) is 0 Å². The third-order valence-corrected chi connectivity index (χ3v) is 3.18. The first-order chi connectivity index (χ1) is 10.3. The van der Waals surface area contributed by atoms with Gasteiger partial charge >= 0.3 is 5.92 Å². The van der Waals surface area contributed by atoms with Crippen molar-refractivity contribution in [1.29, 1.82) is 0 Å². The van der Waals surface area contributed by atoms with Gasteiger partial charge in [0.2, 0.25) is 0 Å². The lowest BCUT2D eigenvalue weighted by Gasteiger charge is -2.19. The van der Waals surface area contributed by atoms with Crippen LogP contribution in [0.4, 0.5) is 8.78 Å². The second kappa shape index (κ2) is 6.44. The Hall–Kier alpha value is -1.94. The SMILES string of the molecule is CC(C)(O)Cc1ccc(OCC(F)(F)c2ccccc2)cc1. The maximum Gasteiger partial charge on any atom is 0.306 e. The molecule has 2 aromatic carbocycles. The van der Waals surface area contributed by atoms with Gasteiger partial charge in [-0.25, -0.2) is 0 Å². The molecule has 0 unspecified atom stereocenters. The maximum atomic E-state index is 14.0. The summed E-state index contributed by atoms with van der Waals surface area (Å²) in [5.74, 6) is -2.65. The standard InChI is InChI=1S/C18H20F2O2/c1-17(2,21)12-14-8-10-16(11-9-14)22-13-18(19,20)15-6-4-3-5-7-15/h3-11,21H,12-13H2,1-2H3. The minimum atomic E-state index is -3.03. The number of aliphatic hydroxyl groups is 1. The van der Waals surface area contributed by atoms with E-state index in [1.807, 2.05) is 0 Å². The molecule has 4 heteroatoms. The van der Waals surface area contributed by atoms with Crippen molar-refractivity contribution >= 4 is 0 Å². The molecule has 0 spiro atoms. The minimum absolute atomic E-state index is 0.0614. The summed E-state index contributed by atoms with van der Waals surface area (Å²) in [6.07, 6.45) is 0.494. The molecule has 1 N–H and O–H groups in total. The van der Waals surface area contributed by atoms with E-state index in [1.165, 1.54) is 12.1 Å². The van der Waals surface area contributed by atoms with Gasteiger partial charge in [0, 0.05) is 12.0 Å². The fourth-order valence-corrected chi connectivity index (χ4v) is 2.14. The van der Waals surface area contributed by atoms with Gasteiger partial charge in [-0.05, 0) is 31.5 Å². The van der Waals surface area contributed by atoms with E-state index in [0.29, 0.717) is 12.2 Å². The molecule has 0 saturated carbocycles. The Morgan fingerprint density at radius 1 is 0.955 bits per heavy atom. The molecular formula is C18H20F2O2. The van der Waals surface area contributed by atoms with E-state index in [4.69, 9.17) is 4.74 Å². The molecular weight excluding hydrogens is 286 g/mol. The largest absolute Gasteiger partial charge is 0.487 e. The normalized spacial score (nSPS) is 12.2. The molecule has 2 nitrogen and oxygen atoms in total. The third-order valence-electron chi connectivity index (χ3n) is 3.18. The van der Waals surface area contributed by atoms with Crippen molar-refractivity contribution in [3.05, 3.63) is 65.7 Å². The molecule has 0 saturated heterocycles. The fourth-order valence-electron chi connectivity index (χ4n) is 2.14. The monoisotopic (exact) mass is 306 g/mol. The van der Waals surface area contributed by atoms with E-state index in [9.17, 15) is 13.9 Å². The van der Waals surface area contributed by atoms with E-state index in [1.54, 1.807) is 56.3 Å². The van der Waals surface area contributed by atoms with Gasteiger partial charge in [0.05, 0.1) is 5.60 Å². The van der Waals surface area contributed by atoms with Crippen LogP contribution in [0.5, 0.6) is 5.75 Å². The number of rotatable bonds is 6. The number of alkyl halides is 2. The fraction of sp³-hybridized carbons (Fsp3) is 0.333. The molecule has 0 radical (unpaired) electrons. The minimum Gasteiger partial charge on any atom is -0.487 e.